The molecule has 1 amide bonds. The van der Waals surface area contributed by atoms with Gasteiger partial charge in [0.2, 0.25) is 0 Å². The van der Waals surface area contributed by atoms with E-state index in [0.29, 0.717) is 18.8 Å². The Hall–Kier alpha value is -1.38. The van der Waals surface area contributed by atoms with E-state index in [1.165, 1.54) is 22.7 Å². The van der Waals surface area contributed by atoms with Crippen LogP contribution < -0.4 is 5.32 Å². The predicted molar refractivity (Wildman–Crippen MR) is 84.7 cm³/mol. The lowest BCUT2D eigenvalue weighted by Crippen LogP contribution is -2.47. The Balaban J connectivity index is 2.08. The van der Waals surface area contributed by atoms with Gasteiger partial charge in [0.05, 0.1) is 0 Å². The second kappa shape index (κ2) is 6.80. The van der Waals surface area contributed by atoms with Crippen LogP contribution in [-0.4, -0.2) is 60.7 Å². The van der Waals surface area contributed by atoms with Gasteiger partial charge in [-0.25, -0.2) is 0 Å². The quantitative estimate of drug-likeness (QED) is 0.870. The number of hydrogen-bond donors (Lipinski definition) is 1. The molecule has 2 heterocycles. The minimum absolute atomic E-state index is 0.165. The minimum atomic E-state index is -3.44. The SMILES string of the molecule is CN(C)S(=O)(=O)N1CCCC[C@@H](NC(=O)c2cccn2C)C1. The van der Waals surface area contributed by atoms with Crippen molar-refractivity contribution in [2.24, 2.45) is 7.05 Å². The molecule has 7 nitrogen and oxygen atoms in total. The molecule has 0 bridgehead atoms. The van der Waals surface area contributed by atoms with E-state index >= 15 is 0 Å². The summed E-state index contributed by atoms with van der Waals surface area (Å²) in [6.07, 6.45) is 4.31. The number of hydrogen-bond acceptors (Lipinski definition) is 3. The highest BCUT2D eigenvalue weighted by molar-refractivity contribution is 7.86. The number of amides is 1. The first-order valence-electron chi connectivity index (χ1n) is 7.42. The molecule has 1 atom stereocenters. The minimum Gasteiger partial charge on any atom is -0.347 e. The Morgan fingerprint density at radius 1 is 1.36 bits per heavy atom. The molecule has 1 aromatic heterocycles. The summed E-state index contributed by atoms with van der Waals surface area (Å²) in [5, 5.41) is 2.96. The van der Waals surface area contributed by atoms with Crippen LogP contribution in [0.1, 0.15) is 29.8 Å². The van der Waals surface area contributed by atoms with Crippen molar-refractivity contribution < 1.29 is 13.2 Å². The van der Waals surface area contributed by atoms with Gasteiger partial charge in [0.25, 0.3) is 16.1 Å². The summed E-state index contributed by atoms with van der Waals surface area (Å²) in [7, 11) is 1.42. The monoisotopic (exact) mass is 328 g/mol. The Morgan fingerprint density at radius 3 is 2.68 bits per heavy atom. The molecule has 1 aliphatic rings. The van der Waals surface area contributed by atoms with Gasteiger partial charge >= 0.3 is 0 Å². The van der Waals surface area contributed by atoms with Crippen molar-refractivity contribution >= 4 is 16.1 Å². The van der Waals surface area contributed by atoms with Gasteiger partial charge in [-0.1, -0.05) is 6.42 Å². The van der Waals surface area contributed by atoms with E-state index in [9.17, 15) is 13.2 Å². The fraction of sp³-hybridized carbons (Fsp3) is 0.643. The number of aromatic nitrogens is 1. The van der Waals surface area contributed by atoms with Crippen molar-refractivity contribution in [3.8, 4) is 0 Å². The van der Waals surface area contributed by atoms with Crippen molar-refractivity contribution in [1.29, 1.82) is 0 Å². The molecule has 22 heavy (non-hydrogen) atoms. The Bertz CT molecular complexity index is 624. The average Bonchev–Trinajstić information content (AvgIpc) is 2.73. The summed E-state index contributed by atoms with van der Waals surface area (Å²) < 4.78 is 29.0. The van der Waals surface area contributed by atoms with Gasteiger partial charge in [0.1, 0.15) is 5.69 Å². The normalized spacial score (nSPS) is 20.8. The summed E-state index contributed by atoms with van der Waals surface area (Å²) in [6, 6.07) is 3.39. The molecule has 1 N–H and O–H groups in total. The summed E-state index contributed by atoms with van der Waals surface area (Å²) in [4.78, 5) is 12.3. The Labute approximate surface area is 132 Å². The first kappa shape index (κ1) is 17.0. The van der Waals surface area contributed by atoms with Crippen molar-refractivity contribution in [3.63, 3.8) is 0 Å². The Kier molecular flexibility index (Phi) is 5.25. The van der Waals surface area contributed by atoms with Crippen LogP contribution in [0.15, 0.2) is 18.3 Å². The molecule has 0 aromatic carbocycles. The zero-order valence-corrected chi connectivity index (χ0v) is 14.1. The largest absolute Gasteiger partial charge is 0.347 e. The highest BCUT2D eigenvalue weighted by Crippen LogP contribution is 2.16. The standard InChI is InChI=1S/C14H24N4O3S/c1-16(2)22(20,21)18-10-5-4-7-12(11-18)15-14(19)13-8-6-9-17(13)3/h6,8-9,12H,4-5,7,10-11H2,1-3H3,(H,15,19)/t12-/m1/s1. The molecule has 124 valence electrons. The van der Waals surface area contributed by atoms with Crippen LogP contribution in [0.3, 0.4) is 0 Å². The molecular formula is C14H24N4O3S. The number of rotatable bonds is 4. The number of aryl methyl sites for hydroxylation is 1. The van der Waals surface area contributed by atoms with Gasteiger partial charge in [0.15, 0.2) is 0 Å². The van der Waals surface area contributed by atoms with E-state index in [2.05, 4.69) is 5.32 Å². The summed E-state index contributed by atoms with van der Waals surface area (Å²) in [5.41, 5.74) is 0.575. The molecule has 0 aliphatic carbocycles. The van der Waals surface area contributed by atoms with Gasteiger partial charge in [0, 0.05) is 46.5 Å². The predicted octanol–water partition coefficient (Wildman–Crippen LogP) is 0.416. The molecule has 1 aromatic rings. The van der Waals surface area contributed by atoms with Crippen LogP contribution in [0.5, 0.6) is 0 Å². The van der Waals surface area contributed by atoms with E-state index in [1.54, 1.807) is 10.6 Å². The van der Waals surface area contributed by atoms with Crippen LogP contribution in [0.25, 0.3) is 0 Å². The van der Waals surface area contributed by atoms with Crippen molar-refractivity contribution in [2.75, 3.05) is 27.2 Å². The van der Waals surface area contributed by atoms with E-state index in [1.807, 2.05) is 19.3 Å². The zero-order chi connectivity index (χ0) is 16.3. The average molecular weight is 328 g/mol. The maximum absolute atomic E-state index is 12.3. The fourth-order valence-electron chi connectivity index (χ4n) is 2.62. The molecule has 1 fully saturated rings. The van der Waals surface area contributed by atoms with E-state index in [0.717, 1.165) is 19.3 Å². The highest BCUT2D eigenvalue weighted by atomic mass is 32.2. The first-order chi connectivity index (χ1) is 10.3. The highest BCUT2D eigenvalue weighted by Gasteiger charge is 2.29. The lowest BCUT2D eigenvalue weighted by atomic mass is 10.1. The van der Waals surface area contributed by atoms with E-state index in [4.69, 9.17) is 0 Å². The van der Waals surface area contributed by atoms with Gasteiger partial charge in [-0.3, -0.25) is 4.79 Å². The second-order valence-corrected chi connectivity index (χ2v) is 7.96. The maximum atomic E-state index is 12.3. The molecule has 2 rings (SSSR count). The first-order valence-corrected chi connectivity index (χ1v) is 8.82. The van der Waals surface area contributed by atoms with Crippen LogP contribution >= 0.6 is 0 Å². The van der Waals surface area contributed by atoms with Crippen molar-refractivity contribution in [3.05, 3.63) is 24.0 Å². The fourth-order valence-corrected chi connectivity index (χ4v) is 3.81. The summed E-state index contributed by atoms with van der Waals surface area (Å²) in [5.74, 6) is -0.165. The number of nitrogens with one attached hydrogen (secondary N) is 1. The molecule has 8 heteroatoms. The van der Waals surface area contributed by atoms with Gasteiger partial charge in [-0.2, -0.15) is 17.0 Å². The number of nitrogens with zero attached hydrogens (tertiary/aromatic N) is 3. The smallest absolute Gasteiger partial charge is 0.281 e. The third-order valence-electron chi connectivity index (χ3n) is 3.93. The summed E-state index contributed by atoms with van der Waals surface area (Å²) in [6.45, 7) is 0.813. The third-order valence-corrected chi connectivity index (χ3v) is 5.84. The number of carbonyl (C=O) groups excluding carboxylic acids is 1. The van der Waals surface area contributed by atoms with Crippen LogP contribution in [0.4, 0.5) is 0 Å². The van der Waals surface area contributed by atoms with Gasteiger partial charge in [-0.05, 0) is 25.0 Å². The third kappa shape index (κ3) is 3.68. The molecule has 1 aliphatic heterocycles. The lowest BCUT2D eigenvalue weighted by molar-refractivity contribution is 0.0923. The van der Waals surface area contributed by atoms with Crippen LogP contribution in [-0.2, 0) is 17.3 Å². The van der Waals surface area contributed by atoms with Crippen LogP contribution in [0, 0.1) is 0 Å². The van der Waals surface area contributed by atoms with Crippen LogP contribution in [0.2, 0.25) is 0 Å². The molecule has 0 spiro atoms. The molecule has 0 radical (unpaired) electrons. The van der Waals surface area contributed by atoms with Crippen molar-refractivity contribution in [1.82, 2.24) is 18.5 Å². The second-order valence-electron chi connectivity index (χ2n) is 5.82. The maximum Gasteiger partial charge on any atom is 0.281 e. The molecular weight excluding hydrogens is 304 g/mol. The summed E-state index contributed by atoms with van der Waals surface area (Å²) >= 11 is 0. The molecule has 1 saturated heterocycles. The van der Waals surface area contributed by atoms with E-state index < -0.39 is 10.2 Å². The Morgan fingerprint density at radius 2 is 2.09 bits per heavy atom. The topological polar surface area (TPSA) is 74.7 Å². The van der Waals surface area contributed by atoms with Crippen molar-refractivity contribution in [2.45, 2.75) is 25.3 Å². The number of carbonyl (C=O) groups is 1. The lowest BCUT2D eigenvalue weighted by Gasteiger charge is -2.27. The van der Waals surface area contributed by atoms with Gasteiger partial charge in [-0.15, -0.1) is 0 Å². The molecule has 0 saturated carbocycles. The van der Waals surface area contributed by atoms with E-state index in [-0.39, 0.29) is 11.9 Å². The zero-order valence-electron chi connectivity index (χ0n) is 13.3. The molecule has 0 unspecified atom stereocenters. The van der Waals surface area contributed by atoms with Gasteiger partial charge < -0.3 is 9.88 Å².